The highest BCUT2D eigenvalue weighted by molar-refractivity contribution is 7.67. The van der Waals surface area contributed by atoms with Gasteiger partial charge in [0.25, 0.3) is 0 Å². The average molecular weight is 278 g/mol. The van der Waals surface area contributed by atoms with Crippen LogP contribution in [0.5, 0.6) is 0 Å². The standard InChI is InChI=1S/C11H10N4O3S/c1-2-14-9(15(16)17)7-13-11(14)10(19-18)8-3-5-12-6-4-8/h3-7H,2H2,1H3. The molecule has 19 heavy (non-hydrogen) atoms. The maximum atomic E-state index is 11.3. The summed E-state index contributed by atoms with van der Waals surface area (Å²) in [6, 6.07) is 3.33. The van der Waals surface area contributed by atoms with Crippen molar-refractivity contribution >= 4 is 21.9 Å². The van der Waals surface area contributed by atoms with Crippen LogP contribution in [0.15, 0.2) is 30.7 Å². The molecular formula is C11H10N4O3S. The van der Waals surface area contributed by atoms with Gasteiger partial charge in [-0.3, -0.25) is 4.98 Å². The Hall–Kier alpha value is -2.35. The number of imidazole rings is 1. The monoisotopic (exact) mass is 278 g/mol. The largest absolute Gasteiger partial charge is 0.358 e. The summed E-state index contributed by atoms with van der Waals surface area (Å²) in [5.74, 6) is 0.179. The highest BCUT2D eigenvalue weighted by Crippen LogP contribution is 2.16. The first-order valence-corrected chi connectivity index (χ1v) is 6.20. The number of nitro groups is 1. The molecule has 0 unspecified atom stereocenters. The molecule has 0 radical (unpaired) electrons. The summed E-state index contributed by atoms with van der Waals surface area (Å²) in [6.07, 6.45) is 4.27. The third kappa shape index (κ3) is 2.43. The van der Waals surface area contributed by atoms with Gasteiger partial charge >= 0.3 is 5.82 Å². The highest BCUT2D eigenvalue weighted by atomic mass is 32.1. The zero-order chi connectivity index (χ0) is 13.8. The molecule has 0 aliphatic heterocycles. The minimum absolute atomic E-state index is 0.127. The lowest BCUT2D eigenvalue weighted by molar-refractivity contribution is -0.392. The molecule has 0 atom stereocenters. The van der Waals surface area contributed by atoms with E-state index in [0.717, 1.165) is 6.20 Å². The Morgan fingerprint density at radius 2 is 2.16 bits per heavy atom. The van der Waals surface area contributed by atoms with E-state index >= 15 is 0 Å². The van der Waals surface area contributed by atoms with E-state index in [9.17, 15) is 14.3 Å². The van der Waals surface area contributed by atoms with Crippen LogP contribution in [-0.4, -0.2) is 28.5 Å². The Morgan fingerprint density at radius 1 is 1.47 bits per heavy atom. The molecule has 0 aromatic carbocycles. The van der Waals surface area contributed by atoms with Gasteiger partial charge in [0, 0.05) is 18.0 Å². The van der Waals surface area contributed by atoms with E-state index in [-0.39, 0.29) is 17.1 Å². The number of rotatable bonds is 4. The molecule has 7 nitrogen and oxygen atoms in total. The van der Waals surface area contributed by atoms with Crippen LogP contribution in [0, 0.1) is 10.1 Å². The lowest BCUT2D eigenvalue weighted by Gasteiger charge is -2.02. The molecule has 2 aromatic heterocycles. The Bertz CT molecular complexity index is 662. The Balaban J connectivity index is 2.58. The van der Waals surface area contributed by atoms with Crippen molar-refractivity contribution in [3.05, 3.63) is 52.2 Å². The predicted octanol–water partition coefficient (Wildman–Crippen LogP) is 0.988. The molecule has 8 heteroatoms. The number of aromatic nitrogens is 3. The van der Waals surface area contributed by atoms with Crippen molar-refractivity contribution in [3.63, 3.8) is 0 Å². The molecule has 98 valence electrons. The molecular weight excluding hydrogens is 268 g/mol. The van der Waals surface area contributed by atoms with Crippen LogP contribution in [0.1, 0.15) is 18.3 Å². The van der Waals surface area contributed by atoms with Gasteiger partial charge in [0.05, 0.1) is 6.54 Å². The first-order valence-electron chi connectivity index (χ1n) is 5.46. The molecule has 0 saturated carbocycles. The second kappa shape index (κ2) is 5.53. The summed E-state index contributed by atoms with van der Waals surface area (Å²) in [5.41, 5.74) is 0.644. The van der Waals surface area contributed by atoms with E-state index < -0.39 is 4.92 Å². The molecule has 2 aromatic rings. The Kier molecular flexibility index (Phi) is 3.81. The molecule has 2 heterocycles. The summed E-state index contributed by atoms with van der Waals surface area (Å²) in [7, 11) is 0. The predicted molar refractivity (Wildman–Crippen MR) is 70.1 cm³/mol. The van der Waals surface area contributed by atoms with Crippen molar-refractivity contribution in [2.75, 3.05) is 0 Å². The van der Waals surface area contributed by atoms with E-state index in [2.05, 4.69) is 9.97 Å². The molecule has 0 saturated heterocycles. The van der Waals surface area contributed by atoms with Crippen molar-refractivity contribution < 1.29 is 9.13 Å². The maximum Gasteiger partial charge on any atom is 0.343 e. The SMILES string of the molecule is CCn1c([N+](=O)[O-])cnc1C(=S=O)c1ccncc1. The fourth-order valence-corrected chi connectivity index (χ4v) is 2.19. The van der Waals surface area contributed by atoms with Crippen molar-refractivity contribution in [2.24, 2.45) is 0 Å². The molecule has 0 aliphatic carbocycles. The number of hydrogen-bond donors (Lipinski definition) is 0. The van der Waals surface area contributed by atoms with Gasteiger partial charge in [-0.25, -0.2) is 13.8 Å². The van der Waals surface area contributed by atoms with Gasteiger partial charge in [0.15, 0.2) is 0 Å². The van der Waals surface area contributed by atoms with Gasteiger partial charge in [0.2, 0.25) is 5.82 Å². The second-order valence-electron chi connectivity index (χ2n) is 3.59. The lowest BCUT2D eigenvalue weighted by Crippen LogP contribution is -2.13. The van der Waals surface area contributed by atoms with Crippen molar-refractivity contribution in [2.45, 2.75) is 13.5 Å². The van der Waals surface area contributed by atoms with E-state index in [0.29, 0.717) is 22.8 Å². The molecule has 0 amide bonds. The molecule has 2 rings (SSSR count). The smallest absolute Gasteiger partial charge is 0.343 e. The van der Waals surface area contributed by atoms with Crippen molar-refractivity contribution in [1.29, 1.82) is 0 Å². The number of pyridine rings is 1. The molecule has 0 bridgehead atoms. The van der Waals surface area contributed by atoms with Gasteiger partial charge in [-0.15, -0.1) is 0 Å². The minimum atomic E-state index is -0.514. The lowest BCUT2D eigenvalue weighted by atomic mass is 10.2. The van der Waals surface area contributed by atoms with Gasteiger partial charge < -0.3 is 10.1 Å². The average Bonchev–Trinajstić information content (AvgIpc) is 2.85. The summed E-state index contributed by atoms with van der Waals surface area (Å²) in [5, 5.41) is 10.9. The van der Waals surface area contributed by atoms with E-state index in [4.69, 9.17) is 0 Å². The molecule has 0 fully saturated rings. The quantitative estimate of drug-likeness (QED) is 0.360. The third-order valence-corrected chi connectivity index (χ3v) is 3.15. The summed E-state index contributed by atoms with van der Waals surface area (Å²) in [4.78, 5) is 18.6. The molecule has 0 aliphatic rings. The Morgan fingerprint density at radius 3 is 2.68 bits per heavy atom. The normalized spacial score (nSPS) is 10.2. The topological polar surface area (TPSA) is 90.9 Å². The van der Waals surface area contributed by atoms with Crippen LogP contribution in [0.3, 0.4) is 0 Å². The van der Waals surface area contributed by atoms with Crippen LogP contribution in [-0.2, 0) is 17.8 Å². The van der Waals surface area contributed by atoms with Crippen LogP contribution < -0.4 is 0 Å². The first kappa shape index (κ1) is 13.1. The fraction of sp³-hybridized carbons (Fsp3) is 0.182. The van der Waals surface area contributed by atoms with Crippen LogP contribution >= 0.6 is 0 Å². The van der Waals surface area contributed by atoms with E-state index in [1.807, 2.05) is 0 Å². The van der Waals surface area contributed by atoms with Crippen molar-refractivity contribution in [1.82, 2.24) is 14.5 Å². The van der Waals surface area contributed by atoms with Crippen LogP contribution in [0.2, 0.25) is 0 Å². The Labute approximate surface area is 112 Å². The van der Waals surface area contributed by atoms with Crippen LogP contribution in [0.25, 0.3) is 0 Å². The van der Waals surface area contributed by atoms with Crippen molar-refractivity contribution in [3.8, 4) is 0 Å². The second-order valence-corrected chi connectivity index (χ2v) is 4.16. The van der Waals surface area contributed by atoms with Gasteiger partial charge in [0.1, 0.15) is 22.3 Å². The van der Waals surface area contributed by atoms with Gasteiger partial charge in [-0.1, -0.05) is 0 Å². The maximum absolute atomic E-state index is 11.3. The molecule has 0 N–H and O–H groups in total. The number of nitrogens with zero attached hydrogens (tertiary/aromatic N) is 4. The van der Waals surface area contributed by atoms with Crippen LogP contribution in [0.4, 0.5) is 5.82 Å². The van der Waals surface area contributed by atoms with E-state index in [1.165, 1.54) is 4.57 Å². The molecule has 0 spiro atoms. The zero-order valence-corrected chi connectivity index (χ0v) is 10.8. The summed E-state index contributed by atoms with van der Waals surface area (Å²) >= 11 is 0.264. The number of hydrogen-bond acceptors (Lipinski definition) is 5. The summed E-state index contributed by atoms with van der Waals surface area (Å²) in [6.45, 7) is 2.12. The van der Waals surface area contributed by atoms with Gasteiger partial charge in [-0.2, -0.15) is 0 Å². The third-order valence-electron chi connectivity index (χ3n) is 2.57. The minimum Gasteiger partial charge on any atom is -0.358 e. The zero-order valence-electron chi connectivity index (χ0n) is 10.0. The fourth-order valence-electron chi connectivity index (χ4n) is 1.72. The first-order chi connectivity index (χ1) is 9.19. The van der Waals surface area contributed by atoms with Gasteiger partial charge in [-0.05, 0) is 24.0 Å². The summed E-state index contributed by atoms with van der Waals surface area (Å²) < 4.78 is 12.7. The highest BCUT2D eigenvalue weighted by Gasteiger charge is 2.23. The van der Waals surface area contributed by atoms with E-state index in [1.54, 1.807) is 31.5 Å².